The number of nitrogens with one attached hydrogen (secondary N) is 2. The highest BCUT2D eigenvalue weighted by molar-refractivity contribution is 14.1. The molecule has 2 aromatic rings. The molecule has 1 aliphatic heterocycles. The van der Waals surface area contributed by atoms with Gasteiger partial charge < -0.3 is 5.32 Å². The predicted molar refractivity (Wildman–Crippen MR) is 126 cm³/mol. The summed E-state index contributed by atoms with van der Waals surface area (Å²) in [4.78, 5) is 12.6. The lowest BCUT2D eigenvalue weighted by Gasteiger charge is -2.29. The number of hydrogen-bond acceptors (Lipinski definition) is 4. The summed E-state index contributed by atoms with van der Waals surface area (Å²) in [6.45, 7) is 3.25. The number of rotatable bonds is 4. The molecular weight excluding hydrogens is 521 g/mol. The number of anilines is 1. The van der Waals surface area contributed by atoms with E-state index < -0.39 is 10.0 Å². The van der Waals surface area contributed by atoms with Gasteiger partial charge in [-0.05, 0) is 90.0 Å². The Morgan fingerprint density at radius 3 is 2.34 bits per heavy atom. The number of amides is 1. The average molecular weight is 543 g/mol. The minimum Gasteiger partial charge on any atom is -0.332 e. The standard InChI is InChI=1S/C20H22IN3O3S2/c1-14-10-12-24(13-11-14)29(26,27)16-8-6-15(7-9-16)22-20(28)23-19(25)17-4-2-3-5-18(17)21/h2-9,14H,10-13H2,1H3,(H2,22,23,25,28). The molecule has 0 aliphatic carbocycles. The van der Waals surface area contributed by atoms with Gasteiger partial charge in [-0.25, -0.2) is 8.42 Å². The van der Waals surface area contributed by atoms with Crippen LogP contribution in [0.2, 0.25) is 0 Å². The maximum Gasteiger partial charge on any atom is 0.258 e. The van der Waals surface area contributed by atoms with Gasteiger partial charge in [0.25, 0.3) is 5.91 Å². The normalized spacial score (nSPS) is 15.7. The second kappa shape index (κ2) is 9.50. The molecule has 0 atom stereocenters. The maximum atomic E-state index is 12.8. The molecular formula is C20H22IN3O3S2. The Morgan fingerprint density at radius 1 is 1.10 bits per heavy atom. The van der Waals surface area contributed by atoms with Crippen molar-refractivity contribution in [3.63, 3.8) is 0 Å². The fraction of sp³-hybridized carbons (Fsp3) is 0.300. The van der Waals surface area contributed by atoms with Crippen molar-refractivity contribution < 1.29 is 13.2 Å². The molecule has 0 unspecified atom stereocenters. The lowest BCUT2D eigenvalue weighted by atomic mass is 10.0. The Bertz CT molecular complexity index is 1000. The third-order valence-electron chi connectivity index (χ3n) is 4.84. The number of benzene rings is 2. The van der Waals surface area contributed by atoms with Crippen LogP contribution in [0, 0.1) is 9.49 Å². The van der Waals surface area contributed by atoms with Crippen LogP contribution in [0.25, 0.3) is 0 Å². The van der Waals surface area contributed by atoms with Crippen LogP contribution in [-0.2, 0) is 10.0 Å². The van der Waals surface area contributed by atoms with Crippen molar-refractivity contribution in [2.24, 2.45) is 5.92 Å². The lowest BCUT2D eigenvalue weighted by molar-refractivity contribution is 0.0977. The topological polar surface area (TPSA) is 78.5 Å². The molecule has 3 rings (SSSR count). The van der Waals surface area contributed by atoms with Gasteiger partial charge in [-0.15, -0.1) is 0 Å². The first-order chi connectivity index (χ1) is 13.8. The average Bonchev–Trinajstić information content (AvgIpc) is 2.69. The molecule has 1 aliphatic rings. The maximum absolute atomic E-state index is 12.8. The second-order valence-electron chi connectivity index (χ2n) is 7.00. The highest BCUT2D eigenvalue weighted by Gasteiger charge is 2.27. The van der Waals surface area contributed by atoms with E-state index in [0.29, 0.717) is 30.3 Å². The van der Waals surface area contributed by atoms with Crippen LogP contribution in [0.1, 0.15) is 30.1 Å². The molecule has 1 saturated heterocycles. The number of carbonyl (C=O) groups is 1. The minimum atomic E-state index is -3.49. The van der Waals surface area contributed by atoms with E-state index in [-0.39, 0.29) is 15.9 Å². The van der Waals surface area contributed by atoms with E-state index in [2.05, 4.69) is 40.1 Å². The van der Waals surface area contributed by atoms with Gasteiger partial charge in [0.1, 0.15) is 0 Å². The summed E-state index contributed by atoms with van der Waals surface area (Å²) in [5.74, 6) is 0.259. The molecule has 154 valence electrons. The van der Waals surface area contributed by atoms with Crippen molar-refractivity contribution in [1.29, 1.82) is 0 Å². The van der Waals surface area contributed by atoms with Crippen LogP contribution in [-0.4, -0.2) is 36.8 Å². The third kappa shape index (κ3) is 5.53. The van der Waals surface area contributed by atoms with Gasteiger partial charge in [0.15, 0.2) is 5.11 Å². The number of halogens is 1. The van der Waals surface area contributed by atoms with Gasteiger partial charge in [-0.2, -0.15) is 4.31 Å². The Balaban J connectivity index is 1.62. The van der Waals surface area contributed by atoms with Gasteiger partial charge in [-0.3, -0.25) is 10.1 Å². The molecule has 0 saturated carbocycles. The van der Waals surface area contributed by atoms with Gasteiger partial charge in [0, 0.05) is 22.3 Å². The Hall–Kier alpha value is -1.56. The summed E-state index contributed by atoms with van der Waals surface area (Å²) in [6.07, 6.45) is 1.76. The van der Waals surface area contributed by atoms with E-state index in [4.69, 9.17) is 12.2 Å². The number of nitrogens with zero attached hydrogens (tertiary/aromatic N) is 1. The van der Waals surface area contributed by atoms with Crippen molar-refractivity contribution in [1.82, 2.24) is 9.62 Å². The summed E-state index contributed by atoms with van der Waals surface area (Å²) >= 11 is 7.29. The molecule has 0 bridgehead atoms. The first-order valence-corrected chi connectivity index (χ1v) is 12.2. The summed E-state index contributed by atoms with van der Waals surface area (Å²) in [5, 5.41) is 5.70. The zero-order valence-electron chi connectivity index (χ0n) is 15.9. The quantitative estimate of drug-likeness (QED) is 0.453. The van der Waals surface area contributed by atoms with Gasteiger partial charge in [0.2, 0.25) is 10.0 Å². The SMILES string of the molecule is CC1CCN(S(=O)(=O)c2ccc(NC(=S)NC(=O)c3ccccc3I)cc2)CC1. The number of thiocarbonyl (C=S) groups is 1. The Morgan fingerprint density at radius 2 is 1.72 bits per heavy atom. The van der Waals surface area contributed by atoms with Crippen molar-refractivity contribution in [3.8, 4) is 0 Å². The van der Waals surface area contributed by atoms with Gasteiger partial charge in [-0.1, -0.05) is 19.1 Å². The van der Waals surface area contributed by atoms with Gasteiger partial charge >= 0.3 is 0 Å². The number of hydrogen-bond donors (Lipinski definition) is 2. The molecule has 0 spiro atoms. The third-order valence-corrected chi connectivity index (χ3v) is 7.90. The van der Waals surface area contributed by atoms with E-state index in [9.17, 15) is 13.2 Å². The zero-order chi connectivity index (χ0) is 21.0. The van der Waals surface area contributed by atoms with Crippen molar-refractivity contribution >= 4 is 61.5 Å². The monoisotopic (exact) mass is 543 g/mol. The van der Waals surface area contributed by atoms with E-state index in [1.54, 1.807) is 40.7 Å². The first-order valence-electron chi connectivity index (χ1n) is 9.24. The van der Waals surface area contributed by atoms with Crippen LogP contribution < -0.4 is 10.6 Å². The van der Waals surface area contributed by atoms with Crippen molar-refractivity contribution in [2.75, 3.05) is 18.4 Å². The molecule has 2 N–H and O–H groups in total. The van der Waals surface area contributed by atoms with Crippen LogP contribution in [0.3, 0.4) is 0 Å². The largest absolute Gasteiger partial charge is 0.332 e. The fourth-order valence-corrected chi connectivity index (χ4v) is 5.38. The van der Waals surface area contributed by atoms with Crippen molar-refractivity contribution in [2.45, 2.75) is 24.7 Å². The predicted octanol–water partition coefficient (Wildman–Crippen LogP) is 3.84. The lowest BCUT2D eigenvalue weighted by Crippen LogP contribution is -2.37. The minimum absolute atomic E-state index is 0.148. The molecule has 1 amide bonds. The highest BCUT2D eigenvalue weighted by Crippen LogP contribution is 2.24. The molecule has 29 heavy (non-hydrogen) atoms. The number of carbonyl (C=O) groups excluding carboxylic acids is 1. The summed E-state index contributed by atoms with van der Waals surface area (Å²) in [7, 11) is -3.49. The van der Waals surface area contributed by atoms with Crippen LogP contribution in [0.4, 0.5) is 5.69 Å². The zero-order valence-corrected chi connectivity index (χ0v) is 19.7. The second-order valence-corrected chi connectivity index (χ2v) is 10.5. The summed E-state index contributed by atoms with van der Waals surface area (Å²) in [6, 6.07) is 13.6. The molecule has 0 radical (unpaired) electrons. The molecule has 6 nitrogen and oxygen atoms in total. The number of piperidine rings is 1. The first kappa shape index (κ1) is 22.1. The Kier molecular flexibility index (Phi) is 7.25. The molecule has 2 aromatic carbocycles. The summed E-state index contributed by atoms with van der Waals surface area (Å²) in [5.41, 5.74) is 1.14. The Labute approximate surface area is 190 Å². The smallest absolute Gasteiger partial charge is 0.258 e. The van der Waals surface area contributed by atoms with E-state index in [1.807, 2.05) is 12.1 Å². The molecule has 0 aromatic heterocycles. The van der Waals surface area contributed by atoms with E-state index >= 15 is 0 Å². The van der Waals surface area contributed by atoms with E-state index in [0.717, 1.165) is 16.4 Å². The van der Waals surface area contributed by atoms with Crippen LogP contribution in [0.5, 0.6) is 0 Å². The van der Waals surface area contributed by atoms with Crippen LogP contribution in [0.15, 0.2) is 53.4 Å². The fourth-order valence-electron chi connectivity index (χ4n) is 3.06. The molecule has 9 heteroatoms. The van der Waals surface area contributed by atoms with Crippen molar-refractivity contribution in [3.05, 3.63) is 57.7 Å². The highest BCUT2D eigenvalue weighted by atomic mass is 127. The number of sulfonamides is 1. The summed E-state index contributed by atoms with van der Waals surface area (Å²) < 4.78 is 27.9. The van der Waals surface area contributed by atoms with E-state index in [1.165, 1.54) is 0 Å². The van der Waals surface area contributed by atoms with Gasteiger partial charge in [0.05, 0.1) is 10.5 Å². The molecule has 1 fully saturated rings. The van der Waals surface area contributed by atoms with Crippen LogP contribution >= 0.6 is 34.8 Å². The molecule has 1 heterocycles.